The Kier molecular flexibility index (Phi) is 2.17. The molecule has 1 aliphatic heterocycles. The Bertz CT molecular complexity index is 198. The highest BCUT2D eigenvalue weighted by Gasteiger charge is 2.49. The molecular formula is C9H16O3. The van der Waals surface area contributed by atoms with Crippen molar-refractivity contribution in [2.45, 2.75) is 45.3 Å². The van der Waals surface area contributed by atoms with Gasteiger partial charge >= 0.3 is 5.97 Å². The van der Waals surface area contributed by atoms with Crippen LogP contribution in [-0.4, -0.2) is 23.8 Å². The van der Waals surface area contributed by atoms with Crippen LogP contribution in [0.5, 0.6) is 0 Å². The first-order valence-electron chi connectivity index (χ1n) is 4.21. The molecular weight excluding hydrogens is 156 g/mol. The molecule has 0 saturated carbocycles. The van der Waals surface area contributed by atoms with E-state index in [-0.39, 0.29) is 11.6 Å². The number of hydrogen-bond acceptors (Lipinski definition) is 3. The van der Waals surface area contributed by atoms with Crippen LogP contribution in [0.25, 0.3) is 0 Å². The lowest BCUT2D eigenvalue weighted by atomic mass is 9.87. The molecule has 0 bridgehead atoms. The summed E-state index contributed by atoms with van der Waals surface area (Å²) in [6.07, 6.45) is 0.777. The Morgan fingerprint density at radius 1 is 1.42 bits per heavy atom. The standard InChI is InChI=1S/C9H16O3/c1-7(10)12-9(4)5-6-11-8(9,2)3/h5-6H2,1-4H3. The third kappa shape index (κ3) is 1.46. The van der Waals surface area contributed by atoms with Crippen molar-refractivity contribution in [3.05, 3.63) is 0 Å². The second kappa shape index (κ2) is 2.73. The number of rotatable bonds is 1. The third-order valence-electron chi connectivity index (χ3n) is 2.68. The Labute approximate surface area is 73.0 Å². The van der Waals surface area contributed by atoms with Gasteiger partial charge in [-0.05, 0) is 20.8 Å². The van der Waals surface area contributed by atoms with Crippen LogP contribution in [-0.2, 0) is 14.3 Å². The molecule has 1 fully saturated rings. The van der Waals surface area contributed by atoms with Gasteiger partial charge in [0.2, 0.25) is 0 Å². The lowest BCUT2D eigenvalue weighted by Crippen LogP contribution is -2.46. The van der Waals surface area contributed by atoms with Crippen molar-refractivity contribution < 1.29 is 14.3 Å². The molecule has 3 nitrogen and oxygen atoms in total. The SMILES string of the molecule is CC(=O)OC1(C)CCOC1(C)C. The van der Waals surface area contributed by atoms with Gasteiger partial charge in [-0.1, -0.05) is 0 Å². The average Bonchev–Trinajstić information content (AvgIpc) is 2.05. The molecule has 0 amide bonds. The minimum absolute atomic E-state index is 0.240. The molecule has 1 atom stereocenters. The molecule has 0 radical (unpaired) electrons. The lowest BCUT2D eigenvalue weighted by molar-refractivity contribution is -0.170. The molecule has 1 aliphatic rings. The molecule has 0 spiro atoms. The second-order valence-electron chi connectivity index (χ2n) is 3.93. The maximum Gasteiger partial charge on any atom is 0.303 e. The van der Waals surface area contributed by atoms with Gasteiger partial charge in [0.05, 0.1) is 6.61 Å². The Morgan fingerprint density at radius 2 is 2.00 bits per heavy atom. The Morgan fingerprint density at radius 3 is 2.33 bits per heavy atom. The predicted octanol–water partition coefficient (Wildman–Crippen LogP) is 1.51. The Balaban J connectivity index is 2.75. The van der Waals surface area contributed by atoms with Gasteiger partial charge in [-0.15, -0.1) is 0 Å². The summed E-state index contributed by atoms with van der Waals surface area (Å²) >= 11 is 0. The number of carbonyl (C=O) groups is 1. The zero-order chi connectivity index (χ0) is 9.41. The summed E-state index contributed by atoms with van der Waals surface area (Å²) in [5.74, 6) is -0.240. The summed E-state index contributed by atoms with van der Waals surface area (Å²) in [6.45, 7) is 7.91. The molecule has 0 aromatic carbocycles. The second-order valence-corrected chi connectivity index (χ2v) is 3.93. The zero-order valence-electron chi connectivity index (χ0n) is 8.14. The highest BCUT2D eigenvalue weighted by atomic mass is 16.6. The van der Waals surface area contributed by atoms with Crippen LogP contribution in [0, 0.1) is 0 Å². The minimum atomic E-state index is -0.459. The van der Waals surface area contributed by atoms with E-state index in [1.165, 1.54) is 6.92 Å². The van der Waals surface area contributed by atoms with Gasteiger partial charge in [-0.25, -0.2) is 0 Å². The summed E-state index contributed by atoms with van der Waals surface area (Å²) in [5, 5.41) is 0. The largest absolute Gasteiger partial charge is 0.456 e. The van der Waals surface area contributed by atoms with Crippen molar-refractivity contribution in [2.75, 3.05) is 6.61 Å². The fourth-order valence-corrected chi connectivity index (χ4v) is 1.45. The van der Waals surface area contributed by atoms with Gasteiger partial charge in [0.25, 0.3) is 0 Å². The molecule has 1 saturated heterocycles. The molecule has 0 aromatic heterocycles. The summed E-state index contributed by atoms with van der Waals surface area (Å²) in [4.78, 5) is 10.8. The van der Waals surface area contributed by atoms with E-state index in [1.54, 1.807) is 0 Å². The quantitative estimate of drug-likeness (QED) is 0.562. The van der Waals surface area contributed by atoms with Crippen molar-refractivity contribution in [1.82, 2.24) is 0 Å². The van der Waals surface area contributed by atoms with Crippen LogP contribution in [0.2, 0.25) is 0 Å². The van der Waals surface area contributed by atoms with Crippen LogP contribution in [0.4, 0.5) is 0 Å². The van der Waals surface area contributed by atoms with Crippen LogP contribution < -0.4 is 0 Å². The fraction of sp³-hybridized carbons (Fsp3) is 0.889. The molecule has 12 heavy (non-hydrogen) atoms. The van der Waals surface area contributed by atoms with Gasteiger partial charge < -0.3 is 9.47 Å². The molecule has 1 rings (SSSR count). The van der Waals surface area contributed by atoms with E-state index >= 15 is 0 Å². The molecule has 0 N–H and O–H groups in total. The van der Waals surface area contributed by atoms with Crippen LogP contribution >= 0.6 is 0 Å². The number of ether oxygens (including phenoxy) is 2. The van der Waals surface area contributed by atoms with Gasteiger partial charge in [0.15, 0.2) is 0 Å². The first-order valence-corrected chi connectivity index (χ1v) is 4.21. The van der Waals surface area contributed by atoms with Crippen molar-refractivity contribution in [1.29, 1.82) is 0 Å². The topological polar surface area (TPSA) is 35.5 Å². The molecule has 1 unspecified atom stereocenters. The van der Waals surface area contributed by atoms with Crippen LogP contribution in [0.1, 0.15) is 34.1 Å². The van der Waals surface area contributed by atoms with Crippen LogP contribution in [0.15, 0.2) is 0 Å². The van der Waals surface area contributed by atoms with E-state index in [1.807, 2.05) is 20.8 Å². The third-order valence-corrected chi connectivity index (χ3v) is 2.68. The van der Waals surface area contributed by atoms with Crippen molar-refractivity contribution in [3.8, 4) is 0 Å². The monoisotopic (exact) mass is 172 g/mol. The zero-order valence-corrected chi connectivity index (χ0v) is 8.14. The molecule has 3 heteroatoms. The van der Waals surface area contributed by atoms with E-state index in [0.717, 1.165) is 6.42 Å². The Hall–Kier alpha value is -0.570. The number of esters is 1. The minimum Gasteiger partial charge on any atom is -0.456 e. The summed E-state index contributed by atoms with van der Waals surface area (Å²) in [5.41, 5.74) is -0.822. The van der Waals surface area contributed by atoms with E-state index in [4.69, 9.17) is 9.47 Å². The summed E-state index contributed by atoms with van der Waals surface area (Å²) in [6, 6.07) is 0. The van der Waals surface area contributed by atoms with Gasteiger partial charge in [0, 0.05) is 13.3 Å². The summed E-state index contributed by atoms with van der Waals surface area (Å²) in [7, 11) is 0. The maximum atomic E-state index is 10.8. The maximum absolute atomic E-state index is 10.8. The summed E-state index contributed by atoms with van der Waals surface area (Å²) < 4.78 is 10.7. The highest BCUT2D eigenvalue weighted by molar-refractivity contribution is 5.66. The normalized spacial score (nSPS) is 33.3. The number of carbonyl (C=O) groups excluding carboxylic acids is 1. The van der Waals surface area contributed by atoms with Crippen molar-refractivity contribution in [3.63, 3.8) is 0 Å². The van der Waals surface area contributed by atoms with Gasteiger partial charge in [-0.2, -0.15) is 0 Å². The van der Waals surface area contributed by atoms with Gasteiger partial charge in [0.1, 0.15) is 11.2 Å². The van der Waals surface area contributed by atoms with Crippen LogP contribution in [0.3, 0.4) is 0 Å². The first kappa shape index (κ1) is 9.52. The fourth-order valence-electron chi connectivity index (χ4n) is 1.45. The average molecular weight is 172 g/mol. The van der Waals surface area contributed by atoms with Crippen molar-refractivity contribution >= 4 is 5.97 Å². The van der Waals surface area contributed by atoms with E-state index < -0.39 is 5.60 Å². The van der Waals surface area contributed by atoms with Crippen molar-refractivity contribution in [2.24, 2.45) is 0 Å². The van der Waals surface area contributed by atoms with E-state index in [2.05, 4.69) is 0 Å². The molecule has 70 valence electrons. The smallest absolute Gasteiger partial charge is 0.303 e. The first-order chi connectivity index (χ1) is 5.37. The number of hydrogen-bond donors (Lipinski definition) is 0. The van der Waals surface area contributed by atoms with E-state index in [0.29, 0.717) is 6.61 Å². The predicted molar refractivity (Wildman–Crippen MR) is 44.8 cm³/mol. The molecule has 0 aliphatic carbocycles. The highest BCUT2D eigenvalue weighted by Crippen LogP contribution is 2.38. The lowest BCUT2D eigenvalue weighted by Gasteiger charge is -2.35. The van der Waals surface area contributed by atoms with E-state index in [9.17, 15) is 4.79 Å². The molecule has 1 heterocycles. The molecule has 0 aromatic rings. The van der Waals surface area contributed by atoms with Gasteiger partial charge in [-0.3, -0.25) is 4.79 Å².